The summed E-state index contributed by atoms with van der Waals surface area (Å²) in [6, 6.07) is 2.04. The SMILES string of the molecule is [2H]c1c(Cl)c(C)cc2c1C1=C(C2)C([2H])(C(N)=O)C([2H])([2H])CC1. The van der Waals surface area contributed by atoms with Crippen molar-refractivity contribution in [2.24, 2.45) is 11.6 Å². The molecule has 0 bridgehead atoms. The van der Waals surface area contributed by atoms with Gasteiger partial charge in [-0.25, -0.2) is 0 Å². The topological polar surface area (TPSA) is 43.1 Å². The van der Waals surface area contributed by atoms with Gasteiger partial charge in [-0.15, -0.1) is 0 Å². The van der Waals surface area contributed by atoms with Gasteiger partial charge < -0.3 is 5.73 Å². The molecule has 0 heterocycles. The van der Waals surface area contributed by atoms with E-state index in [2.05, 4.69) is 0 Å². The second kappa shape index (κ2) is 4.13. The number of primary amides is 1. The number of hydrogen-bond donors (Lipinski definition) is 1. The lowest BCUT2D eigenvalue weighted by atomic mass is 9.82. The van der Waals surface area contributed by atoms with E-state index in [1.165, 1.54) is 0 Å². The van der Waals surface area contributed by atoms with Crippen LogP contribution in [0.4, 0.5) is 0 Å². The van der Waals surface area contributed by atoms with Crippen molar-refractivity contribution >= 4 is 23.1 Å². The molecular weight excluding hydrogens is 246 g/mol. The largest absolute Gasteiger partial charge is 0.369 e. The molecule has 0 aromatic heterocycles. The Balaban J connectivity index is 2.27. The quantitative estimate of drug-likeness (QED) is 0.832. The van der Waals surface area contributed by atoms with E-state index in [0.29, 0.717) is 28.2 Å². The Morgan fingerprint density at radius 1 is 1.72 bits per heavy atom. The molecule has 2 nitrogen and oxygen atoms in total. The Morgan fingerprint density at radius 2 is 2.50 bits per heavy atom. The third-order valence-corrected chi connectivity index (χ3v) is 3.94. The first kappa shape index (κ1) is 8.00. The Hall–Kier alpha value is -1.28. The minimum absolute atomic E-state index is 0.0304. The van der Waals surface area contributed by atoms with Crippen LogP contribution >= 0.6 is 11.6 Å². The number of fused-ring (bicyclic) bond motifs is 2. The zero-order valence-corrected chi connectivity index (χ0v) is 10.8. The lowest BCUT2D eigenvalue weighted by molar-refractivity contribution is -0.121. The fourth-order valence-electron chi connectivity index (χ4n) is 2.71. The molecule has 0 radical (unpaired) electrons. The van der Waals surface area contributed by atoms with Crippen LogP contribution in [-0.4, -0.2) is 5.91 Å². The number of amides is 1. The third kappa shape index (κ3) is 1.67. The molecule has 1 amide bonds. The molecule has 0 spiro atoms. The number of halogens is 1. The van der Waals surface area contributed by atoms with Crippen LogP contribution in [-0.2, 0) is 11.2 Å². The number of allylic oxidation sites excluding steroid dienone is 1. The zero-order chi connectivity index (χ0) is 16.4. The average molecular weight is 266 g/mol. The summed E-state index contributed by atoms with van der Waals surface area (Å²) >= 11 is 6.16. The maximum atomic E-state index is 11.9. The number of aryl methyl sites for hydroxylation is 1. The van der Waals surface area contributed by atoms with Crippen molar-refractivity contribution < 1.29 is 10.3 Å². The Bertz CT molecular complexity index is 744. The summed E-state index contributed by atoms with van der Waals surface area (Å²) in [6.45, 7) is 1.80. The molecule has 3 heteroatoms. The van der Waals surface area contributed by atoms with Crippen LogP contribution in [0.25, 0.3) is 5.57 Å². The van der Waals surface area contributed by atoms with Crippen molar-refractivity contribution in [3.8, 4) is 0 Å². The van der Waals surface area contributed by atoms with E-state index in [1.807, 2.05) is 6.07 Å². The van der Waals surface area contributed by atoms with Crippen LogP contribution in [0, 0.1) is 12.8 Å². The monoisotopic (exact) mass is 265 g/mol. The van der Waals surface area contributed by atoms with Crippen molar-refractivity contribution in [2.45, 2.75) is 32.6 Å². The second-order valence-electron chi connectivity index (χ2n) is 4.72. The Kier molecular flexibility index (Phi) is 1.84. The standard InChI is InChI=1S/C15H16ClNO/c1-8-5-9-6-13-10(12(9)7-14(8)16)3-2-4-11(13)15(17)18/h5,7,11H,2-4,6H2,1H3,(H2,17,18)/i4D2,7D,11D. The van der Waals surface area contributed by atoms with Crippen LogP contribution in [0.3, 0.4) is 0 Å². The first-order chi connectivity index (χ1) is 10.1. The maximum absolute atomic E-state index is 11.9. The summed E-state index contributed by atoms with van der Waals surface area (Å²) in [7, 11) is 0. The highest BCUT2D eigenvalue weighted by Crippen LogP contribution is 2.45. The fourth-order valence-corrected chi connectivity index (χ4v) is 2.86. The number of rotatable bonds is 1. The summed E-state index contributed by atoms with van der Waals surface area (Å²) < 4.78 is 32.9. The normalized spacial score (nSPS) is 31.9. The first-order valence-electron chi connectivity index (χ1n) is 7.92. The first-order valence-corrected chi connectivity index (χ1v) is 6.30. The van der Waals surface area contributed by atoms with Gasteiger partial charge in [0.25, 0.3) is 0 Å². The van der Waals surface area contributed by atoms with Crippen LogP contribution in [0.1, 0.15) is 41.4 Å². The Morgan fingerprint density at radius 3 is 3.22 bits per heavy atom. The maximum Gasteiger partial charge on any atom is 0.224 e. The predicted octanol–water partition coefficient (Wildman–Crippen LogP) is 3.24. The van der Waals surface area contributed by atoms with Gasteiger partial charge in [-0.1, -0.05) is 17.7 Å². The molecule has 0 saturated carbocycles. The van der Waals surface area contributed by atoms with Crippen molar-refractivity contribution in [3.05, 3.63) is 39.4 Å². The van der Waals surface area contributed by atoms with E-state index < -0.39 is 18.2 Å². The molecule has 18 heavy (non-hydrogen) atoms. The molecule has 1 unspecified atom stereocenters. The number of carbonyl (C=O) groups is 1. The zero-order valence-electron chi connectivity index (χ0n) is 14.1. The number of benzene rings is 1. The molecule has 0 saturated heterocycles. The van der Waals surface area contributed by atoms with E-state index in [0.717, 1.165) is 11.1 Å². The average Bonchev–Trinajstić information content (AvgIpc) is 2.79. The molecule has 3 rings (SSSR count). The van der Waals surface area contributed by atoms with Gasteiger partial charge in [0.1, 0.15) is 0 Å². The third-order valence-electron chi connectivity index (χ3n) is 3.55. The molecule has 94 valence electrons. The molecule has 2 N–H and O–H groups in total. The van der Waals surface area contributed by atoms with E-state index in [1.54, 1.807) is 6.92 Å². The van der Waals surface area contributed by atoms with Crippen LogP contribution in [0.15, 0.2) is 17.7 Å². The highest BCUT2D eigenvalue weighted by Gasteiger charge is 2.33. The van der Waals surface area contributed by atoms with Gasteiger partial charge in [-0.3, -0.25) is 4.79 Å². The van der Waals surface area contributed by atoms with Gasteiger partial charge in [0.05, 0.1) is 7.26 Å². The van der Waals surface area contributed by atoms with E-state index in [-0.39, 0.29) is 18.9 Å². The van der Waals surface area contributed by atoms with Crippen molar-refractivity contribution in [1.29, 1.82) is 0 Å². The van der Waals surface area contributed by atoms with Crippen LogP contribution in [0.5, 0.6) is 0 Å². The molecule has 0 fully saturated rings. The second-order valence-corrected chi connectivity index (χ2v) is 5.09. The minimum Gasteiger partial charge on any atom is -0.369 e. The van der Waals surface area contributed by atoms with Gasteiger partial charge >= 0.3 is 0 Å². The lowest BCUT2D eigenvalue weighted by Crippen LogP contribution is -2.27. The smallest absolute Gasteiger partial charge is 0.224 e. The fraction of sp³-hybridized carbons (Fsp3) is 0.400. The van der Waals surface area contributed by atoms with Gasteiger partial charge in [-0.05, 0) is 66.4 Å². The van der Waals surface area contributed by atoms with Crippen molar-refractivity contribution in [2.75, 3.05) is 0 Å². The molecular formula is C15H16ClNO. The van der Waals surface area contributed by atoms with E-state index >= 15 is 0 Å². The highest BCUT2D eigenvalue weighted by molar-refractivity contribution is 6.31. The van der Waals surface area contributed by atoms with Crippen molar-refractivity contribution in [3.63, 3.8) is 0 Å². The predicted molar refractivity (Wildman–Crippen MR) is 73.3 cm³/mol. The minimum atomic E-state index is -2.09. The highest BCUT2D eigenvalue weighted by atomic mass is 35.5. The summed E-state index contributed by atoms with van der Waals surface area (Å²) in [5.74, 6) is -3.07. The summed E-state index contributed by atoms with van der Waals surface area (Å²) in [5, 5.41) is 0.357. The molecule has 1 aromatic carbocycles. The van der Waals surface area contributed by atoms with Gasteiger partial charge in [0.15, 0.2) is 0 Å². The van der Waals surface area contributed by atoms with Gasteiger partial charge in [0, 0.05) is 9.13 Å². The molecule has 0 aliphatic heterocycles. The number of hydrogen-bond acceptors (Lipinski definition) is 1. The molecule has 2 aliphatic rings. The molecule has 2 aliphatic carbocycles. The summed E-state index contributed by atoms with van der Waals surface area (Å²) in [4.78, 5) is 11.9. The number of carbonyl (C=O) groups excluding carboxylic acids is 1. The summed E-state index contributed by atoms with van der Waals surface area (Å²) in [5.41, 5.74) is 8.73. The number of nitrogens with two attached hydrogens (primary N) is 1. The van der Waals surface area contributed by atoms with Gasteiger partial charge in [0.2, 0.25) is 5.91 Å². The van der Waals surface area contributed by atoms with Crippen LogP contribution < -0.4 is 5.73 Å². The van der Waals surface area contributed by atoms with Crippen molar-refractivity contribution in [1.82, 2.24) is 0 Å². The lowest BCUT2D eigenvalue weighted by Gasteiger charge is -2.22. The van der Waals surface area contributed by atoms with Gasteiger partial charge in [-0.2, -0.15) is 0 Å². The summed E-state index contributed by atoms with van der Waals surface area (Å²) in [6.07, 6.45) is -1.32. The molecule has 1 aromatic rings. The van der Waals surface area contributed by atoms with Crippen LogP contribution in [0.2, 0.25) is 5.02 Å². The molecule has 1 atom stereocenters. The van der Waals surface area contributed by atoms with E-state index in [4.69, 9.17) is 22.8 Å². The van der Waals surface area contributed by atoms with E-state index in [9.17, 15) is 4.79 Å². The Labute approximate surface area is 117 Å².